The van der Waals surface area contributed by atoms with Crippen molar-refractivity contribution in [3.8, 4) is 0 Å². The molecule has 0 aromatic carbocycles. The number of amides is 1. The van der Waals surface area contributed by atoms with Crippen molar-refractivity contribution in [1.82, 2.24) is 10.6 Å². The topological polar surface area (TPSA) is 115 Å². The van der Waals surface area contributed by atoms with Crippen LogP contribution in [0.2, 0.25) is 0 Å². The molecule has 0 aliphatic heterocycles. The first-order chi connectivity index (χ1) is 13.9. The monoisotopic (exact) mass is 461 g/mol. The number of nitrogens with one attached hydrogen (secondary N) is 2. The van der Waals surface area contributed by atoms with Crippen molar-refractivity contribution in [2.45, 2.75) is 97.5 Å². The molecular weight excluding hydrogens is 410 g/mol. The van der Waals surface area contributed by atoms with Gasteiger partial charge in [-0.25, -0.2) is 0 Å². The molecule has 1 atom stereocenters. The molecule has 0 aromatic heterocycles. The highest BCUT2D eigenvalue weighted by Crippen LogP contribution is 2.32. The minimum absolute atomic E-state index is 0.0195. The number of ether oxygens (including phenoxy) is 1. The van der Waals surface area contributed by atoms with E-state index in [0.717, 1.165) is 31.3 Å². The molecule has 0 aliphatic rings. The van der Waals surface area contributed by atoms with Crippen LogP contribution < -0.4 is 22.1 Å². The second-order valence-corrected chi connectivity index (χ2v) is 11.9. The number of nitrogens with two attached hydrogens (primary N) is 2. The van der Waals surface area contributed by atoms with Crippen LogP contribution in [0.5, 0.6) is 0 Å². The third-order valence-electron chi connectivity index (χ3n) is 4.48. The number of carbonyl (C=O) groups excluding carboxylic acids is 1. The Labute approximate surface area is 197 Å². The molecule has 0 spiro atoms. The van der Waals surface area contributed by atoms with E-state index in [2.05, 4.69) is 83.6 Å². The summed E-state index contributed by atoms with van der Waals surface area (Å²) in [5, 5.41) is 5.92. The van der Waals surface area contributed by atoms with Crippen molar-refractivity contribution in [3.63, 3.8) is 0 Å². The summed E-state index contributed by atoms with van der Waals surface area (Å²) in [6.45, 7) is 19.3. The maximum atomic E-state index is 10.6. The smallest absolute Gasteiger partial charge is 0.234 e. The molecule has 0 fully saturated rings. The molecule has 0 bridgehead atoms. The summed E-state index contributed by atoms with van der Waals surface area (Å²) in [6.07, 6.45) is 3.53. The van der Waals surface area contributed by atoms with Gasteiger partial charge in [-0.1, -0.05) is 41.5 Å². The summed E-state index contributed by atoms with van der Waals surface area (Å²) in [6, 6.07) is -0.548. The fourth-order valence-electron chi connectivity index (χ4n) is 3.60. The van der Waals surface area contributed by atoms with Gasteiger partial charge in [-0.3, -0.25) is 9.79 Å². The number of thiol groups is 1. The second-order valence-electron chi connectivity index (χ2n) is 10.7. The van der Waals surface area contributed by atoms with Gasteiger partial charge in [-0.2, -0.15) is 12.6 Å². The summed E-state index contributed by atoms with van der Waals surface area (Å²) in [4.78, 5) is 14.5. The van der Waals surface area contributed by atoms with Crippen LogP contribution in [0.15, 0.2) is 4.99 Å². The molecule has 31 heavy (non-hydrogen) atoms. The summed E-state index contributed by atoms with van der Waals surface area (Å²) < 4.78 is 6.14. The lowest BCUT2D eigenvalue weighted by Gasteiger charge is -2.36. The fraction of sp³-hybridized carbons (Fsp3) is 0.913. The standard InChI is InChI=1S/C15H32OS.C8H19N5O/c1-12(2)9-13(3,4)11-16-14(5,6)10-15(7,8)17;1-11-8(12-2)13-5-3-4-6(9)7(10)14/h12,17H,9-11H2,1-8H3;6H,3-5,9H2,1-2H3,(H2,10,14)(H2,11,12,13). The Morgan fingerprint density at radius 1 is 1.16 bits per heavy atom. The van der Waals surface area contributed by atoms with E-state index in [1.165, 1.54) is 6.42 Å². The van der Waals surface area contributed by atoms with Crippen molar-refractivity contribution < 1.29 is 9.53 Å². The molecule has 0 aliphatic carbocycles. The minimum Gasteiger partial charge on any atom is -0.375 e. The number of aliphatic imine (C=N–C) groups is 1. The molecule has 0 saturated carbocycles. The fourth-order valence-corrected chi connectivity index (χ4v) is 3.98. The summed E-state index contributed by atoms with van der Waals surface area (Å²) >= 11 is 4.59. The average Bonchev–Trinajstić information content (AvgIpc) is 2.57. The molecule has 8 heteroatoms. The first-order valence-corrected chi connectivity index (χ1v) is 11.7. The first kappa shape index (κ1) is 32.2. The van der Waals surface area contributed by atoms with E-state index in [-0.39, 0.29) is 15.8 Å². The molecule has 0 radical (unpaired) electrons. The Morgan fingerprint density at radius 3 is 2.10 bits per heavy atom. The zero-order chi connectivity index (χ0) is 24.9. The van der Waals surface area contributed by atoms with Crippen LogP contribution >= 0.6 is 12.6 Å². The van der Waals surface area contributed by atoms with E-state index in [1.54, 1.807) is 14.1 Å². The third kappa shape index (κ3) is 20.7. The molecule has 6 N–H and O–H groups in total. The van der Waals surface area contributed by atoms with Crippen molar-refractivity contribution in [2.24, 2.45) is 27.8 Å². The van der Waals surface area contributed by atoms with E-state index < -0.39 is 11.9 Å². The predicted molar refractivity (Wildman–Crippen MR) is 138 cm³/mol. The van der Waals surface area contributed by atoms with Crippen LogP contribution in [0.3, 0.4) is 0 Å². The van der Waals surface area contributed by atoms with Crippen molar-refractivity contribution in [3.05, 3.63) is 0 Å². The molecule has 186 valence electrons. The third-order valence-corrected chi connectivity index (χ3v) is 4.64. The molecular formula is C23H51N5O2S. The summed E-state index contributed by atoms with van der Waals surface area (Å²) in [5.41, 5.74) is 10.6. The van der Waals surface area contributed by atoms with E-state index in [0.29, 0.717) is 13.0 Å². The molecule has 0 saturated heterocycles. The lowest BCUT2D eigenvalue weighted by Crippen LogP contribution is -2.38. The average molecular weight is 462 g/mol. The molecule has 0 heterocycles. The van der Waals surface area contributed by atoms with E-state index in [1.807, 2.05) is 0 Å². The van der Waals surface area contributed by atoms with Gasteiger partial charge in [0.2, 0.25) is 5.91 Å². The molecule has 0 aromatic rings. The van der Waals surface area contributed by atoms with Gasteiger partial charge in [-0.05, 0) is 50.9 Å². The number of carbonyl (C=O) groups is 1. The Bertz CT molecular complexity index is 529. The zero-order valence-corrected chi connectivity index (χ0v) is 22.7. The zero-order valence-electron chi connectivity index (χ0n) is 21.8. The van der Waals surface area contributed by atoms with Gasteiger partial charge in [0, 0.05) is 25.4 Å². The molecule has 0 rings (SSSR count). The van der Waals surface area contributed by atoms with E-state index in [4.69, 9.17) is 16.2 Å². The Hall–Kier alpha value is -0.990. The van der Waals surface area contributed by atoms with Gasteiger partial charge in [-0.15, -0.1) is 0 Å². The molecule has 7 nitrogen and oxygen atoms in total. The van der Waals surface area contributed by atoms with Crippen LogP contribution in [-0.2, 0) is 9.53 Å². The number of nitrogens with zero attached hydrogens (tertiary/aromatic N) is 1. The largest absolute Gasteiger partial charge is 0.375 e. The van der Waals surface area contributed by atoms with Crippen LogP contribution in [-0.4, -0.2) is 55.5 Å². The highest BCUT2D eigenvalue weighted by atomic mass is 32.1. The van der Waals surface area contributed by atoms with Gasteiger partial charge in [0.1, 0.15) is 0 Å². The van der Waals surface area contributed by atoms with E-state index >= 15 is 0 Å². The molecule has 1 unspecified atom stereocenters. The van der Waals surface area contributed by atoms with Gasteiger partial charge in [0.05, 0.1) is 18.2 Å². The Morgan fingerprint density at radius 2 is 1.71 bits per heavy atom. The Balaban J connectivity index is 0. The van der Waals surface area contributed by atoms with Gasteiger partial charge in [0.15, 0.2) is 5.96 Å². The maximum Gasteiger partial charge on any atom is 0.234 e. The number of guanidine groups is 1. The summed E-state index contributed by atoms with van der Waals surface area (Å²) in [5.74, 6) is 0.985. The normalized spacial score (nSPS) is 14.0. The first-order valence-electron chi connectivity index (χ1n) is 11.2. The van der Waals surface area contributed by atoms with Gasteiger partial charge < -0.3 is 26.8 Å². The maximum absolute atomic E-state index is 10.6. The summed E-state index contributed by atoms with van der Waals surface area (Å²) in [7, 11) is 3.47. The van der Waals surface area contributed by atoms with Crippen LogP contribution in [0.25, 0.3) is 0 Å². The van der Waals surface area contributed by atoms with Crippen molar-refractivity contribution in [1.29, 1.82) is 0 Å². The number of hydrogen-bond donors (Lipinski definition) is 5. The van der Waals surface area contributed by atoms with Gasteiger partial charge in [0.25, 0.3) is 0 Å². The van der Waals surface area contributed by atoms with Gasteiger partial charge >= 0.3 is 0 Å². The lowest BCUT2D eigenvalue weighted by atomic mass is 9.84. The highest BCUT2D eigenvalue weighted by molar-refractivity contribution is 7.81. The predicted octanol–water partition coefficient (Wildman–Crippen LogP) is 3.33. The second kappa shape index (κ2) is 15.0. The van der Waals surface area contributed by atoms with Crippen LogP contribution in [0.4, 0.5) is 0 Å². The lowest BCUT2D eigenvalue weighted by molar-refractivity contribution is -0.119. The number of hydrogen-bond acceptors (Lipinski definition) is 5. The quantitative estimate of drug-likeness (QED) is 0.132. The van der Waals surface area contributed by atoms with Crippen molar-refractivity contribution in [2.75, 3.05) is 27.2 Å². The van der Waals surface area contributed by atoms with Crippen LogP contribution in [0.1, 0.15) is 81.1 Å². The van der Waals surface area contributed by atoms with E-state index in [9.17, 15) is 4.79 Å². The molecule has 1 amide bonds. The Kier molecular flexibility index (Phi) is 15.5. The number of rotatable bonds is 12. The van der Waals surface area contributed by atoms with Crippen molar-refractivity contribution >= 4 is 24.5 Å². The minimum atomic E-state index is -0.548. The highest BCUT2D eigenvalue weighted by Gasteiger charge is 2.29. The van der Waals surface area contributed by atoms with Crippen LogP contribution in [0, 0.1) is 11.3 Å². The number of primary amides is 1. The SMILES string of the molecule is CC(C)CC(C)(C)COC(C)(C)CC(C)(C)S.CN=C(NC)NCCCC(N)C(N)=O.